The molecule has 0 fully saturated rings. The molecule has 106 valence electrons. The fraction of sp³-hybridized carbons (Fsp3) is 0.500. The SMILES string of the molecule is CCCN(CCC)C(=O)c1ccccc1S(C)(=O)=O. The molecule has 0 aliphatic carbocycles. The van der Waals surface area contributed by atoms with Gasteiger partial charge in [0.15, 0.2) is 9.84 Å². The lowest BCUT2D eigenvalue weighted by Gasteiger charge is -2.22. The summed E-state index contributed by atoms with van der Waals surface area (Å²) < 4.78 is 23.5. The first-order valence-electron chi connectivity index (χ1n) is 6.50. The molecule has 0 atom stereocenters. The number of benzene rings is 1. The van der Waals surface area contributed by atoms with Gasteiger partial charge < -0.3 is 4.90 Å². The van der Waals surface area contributed by atoms with E-state index in [1.807, 2.05) is 13.8 Å². The van der Waals surface area contributed by atoms with Crippen molar-refractivity contribution in [1.29, 1.82) is 0 Å². The maximum absolute atomic E-state index is 12.5. The lowest BCUT2D eigenvalue weighted by Crippen LogP contribution is -2.33. The maximum Gasteiger partial charge on any atom is 0.255 e. The summed E-state index contributed by atoms with van der Waals surface area (Å²) in [7, 11) is -3.39. The van der Waals surface area contributed by atoms with Crippen molar-refractivity contribution in [3.8, 4) is 0 Å². The highest BCUT2D eigenvalue weighted by Crippen LogP contribution is 2.17. The minimum absolute atomic E-state index is 0.109. The third-order valence-corrected chi connectivity index (χ3v) is 3.95. The van der Waals surface area contributed by atoms with Gasteiger partial charge in [-0.1, -0.05) is 26.0 Å². The largest absolute Gasteiger partial charge is 0.339 e. The molecule has 1 aromatic rings. The number of hydrogen-bond donors (Lipinski definition) is 0. The Kier molecular flexibility index (Phi) is 5.54. The van der Waals surface area contributed by atoms with Crippen LogP contribution in [0.1, 0.15) is 37.0 Å². The number of rotatable bonds is 6. The van der Waals surface area contributed by atoms with E-state index in [1.54, 1.807) is 23.1 Å². The molecule has 0 aliphatic rings. The summed E-state index contributed by atoms with van der Waals surface area (Å²) in [6.45, 7) is 5.28. The van der Waals surface area contributed by atoms with Crippen molar-refractivity contribution < 1.29 is 13.2 Å². The van der Waals surface area contributed by atoms with Crippen LogP contribution in [0, 0.1) is 0 Å². The first-order chi connectivity index (χ1) is 8.91. The number of sulfone groups is 1. The summed E-state index contributed by atoms with van der Waals surface area (Å²) in [5.41, 5.74) is 0.270. The van der Waals surface area contributed by atoms with E-state index >= 15 is 0 Å². The summed E-state index contributed by atoms with van der Waals surface area (Å²) in [6, 6.07) is 6.39. The third-order valence-electron chi connectivity index (χ3n) is 2.79. The average molecular weight is 283 g/mol. The highest BCUT2D eigenvalue weighted by molar-refractivity contribution is 7.90. The molecule has 0 unspecified atom stereocenters. The van der Waals surface area contributed by atoms with Gasteiger partial charge in [-0.2, -0.15) is 0 Å². The Morgan fingerprint density at radius 1 is 1.11 bits per heavy atom. The molecule has 0 heterocycles. The molecule has 0 aromatic heterocycles. The second-order valence-electron chi connectivity index (χ2n) is 4.56. The molecule has 0 aliphatic heterocycles. The molecule has 0 saturated carbocycles. The van der Waals surface area contributed by atoms with Gasteiger partial charge in [0.2, 0.25) is 0 Å². The first kappa shape index (κ1) is 15.7. The van der Waals surface area contributed by atoms with Crippen molar-refractivity contribution in [2.24, 2.45) is 0 Å². The second-order valence-corrected chi connectivity index (χ2v) is 6.54. The van der Waals surface area contributed by atoms with Crippen LogP contribution < -0.4 is 0 Å². The molecule has 5 heteroatoms. The second kappa shape index (κ2) is 6.70. The van der Waals surface area contributed by atoms with Gasteiger partial charge in [-0.3, -0.25) is 4.79 Å². The number of amides is 1. The van der Waals surface area contributed by atoms with Crippen molar-refractivity contribution in [2.75, 3.05) is 19.3 Å². The Morgan fingerprint density at radius 3 is 2.11 bits per heavy atom. The Balaban J connectivity index is 3.18. The van der Waals surface area contributed by atoms with Crippen LogP contribution in [0.5, 0.6) is 0 Å². The van der Waals surface area contributed by atoms with Crippen molar-refractivity contribution in [3.05, 3.63) is 29.8 Å². The number of nitrogens with zero attached hydrogens (tertiary/aromatic N) is 1. The van der Waals surface area contributed by atoms with E-state index in [0.29, 0.717) is 13.1 Å². The quantitative estimate of drug-likeness (QED) is 0.805. The fourth-order valence-corrected chi connectivity index (χ4v) is 2.87. The Bertz CT molecular complexity index is 531. The third kappa shape index (κ3) is 4.06. The van der Waals surface area contributed by atoms with E-state index in [1.165, 1.54) is 6.07 Å². The fourth-order valence-electron chi connectivity index (χ4n) is 1.99. The predicted octanol–water partition coefficient (Wildman–Crippen LogP) is 2.35. The Morgan fingerprint density at radius 2 is 1.63 bits per heavy atom. The first-order valence-corrected chi connectivity index (χ1v) is 8.39. The van der Waals surface area contributed by atoms with Crippen molar-refractivity contribution in [1.82, 2.24) is 4.90 Å². The molecule has 0 spiro atoms. The Labute approximate surface area is 115 Å². The number of carbonyl (C=O) groups is 1. The van der Waals surface area contributed by atoms with Gasteiger partial charge in [-0.05, 0) is 25.0 Å². The molecular formula is C14H21NO3S. The predicted molar refractivity (Wildman–Crippen MR) is 76.0 cm³/mol. The molecule has 1 aromatic carbocycles. The molecule has 4 nitrogen and oxygen atoms in total. The molecule has 19 heavy (non-hydrogen) atoms. The molecule has 1 amide bonds. The van der Waals surface area contributed by atoms with E-state index in [-0.39, 0.29) is 16.4 Å². The average Bonchev–Trinajstić information content (AvgIpc) is 2.37. The monoisotopic (exact) mass is 283 g/mol. The van der Waals surface area contributed by atoms with Gasteiger partial charge in [0.25, 0.3) is 5.91 Å². The molecule has 0 N–H and O–H groups in total. The van der Waals surface area contributed by atoms with Crippen LogP contribution in [0.2, 0.25) is 0 Å². The minimum Gasteiger partial charge on any atom is -0.339 e. The lowest BCUT2D eigenvalue weighted by molar-refractivity contribution is 0.0751. The summed E-state index contributed by atoms with van der Waals surface area (Å²) in [5, 5.41) is 0. The molecule has 0 radical (unpaired) electrons. The molecule has 0 saturated heterocycles. The highest BCUT2D eigenvalue weighted by Gasteiger charge is 2.21. The van der Waals surface area contributed by atoms with Gasteiger partial charge in [-0.25, -0.2) is 8.42 Å². The molecule has 0 bridgehead atoms. The van der Waals surface area contributed by atoms with Crippen molar-refractivity contribution >= 4 is 15.7 Å². The van der Waals surface area contributed by atoms with Crippen LogP contribution in [0.3, 0.4) is 0 Å². The number of hydrogen-bond acceptors (Lipinski definition) is 3. The van der Waals surface area contributed by atoms with Crippen LogP contribution in [0.4, 0.5) is 0 Å². The number of carbonyl (C=O) groups excluding carboxylic acids is 1. The van der Waals surface area contributed by atoms with Gasteiger partial charge in [0.1, 0.15) is 0 Å². The van der Waals surface area contributed by atoms with Gasteiger partial charge >= 0.3 is 0 Å². The highest BCUT2D eigenvalue weighted by atomic mass is 32.2. The summed E-state index contributed by atoms with van der Waals surface area (Å²) in [4.78, 5) is 14.3. The van der Waals surface area contributed by atoms with E-state index in [9.17, 15) is 13.2 Å². The minimum atomic E-state index is -3.39. The van der Waals surface area contributed by atoms with Gasteiger partial charge in [0, 0.05) is 19.3 Å². The zero-order valence-electron chi connectivity index (χ0n) is 11.7. The summed E-state index contributed by atoms with van der Waals surface area (Å²) >= 11 is 0. The van der Waals surface area contributed by atoms with Crippen LogP contribution in [0.15, 0.2) is 29.2 Å². The Hall–Kier alpha value is -1.36. The summed E-state index contributed by atoms with van der Waals surface area (Å²) in [6.07, 6.45) is 2.84. The maximum atomic E-state index is 12.5. The van der Waals surface area contributed by atoms with Gasteiger partial charge in [0.05, 0.1) is 10.5 Å². The smallest absolute Gasteiger partial charge is 0.255 e. The van der Waals surface area contributed by atoms with E-state index in [0.717, 1.165) is 19.1 Å². The molecule has 1 rings (SSSR count). The molecular weight excluding hydrogens is 262 g/mol. The van der Waals surface area contributed by atoms with Crippen LogP contribution in [-0.4, -0.2) is 38.6 Å². The van der Waals surface area contributed by atoms with Crippen LogP contribution in [-0.2, 0) is 9.84 Å². The van der Waals surface area contributed by atoms with Crippen molar-refractivity contribution in [2.45, 2.75) is 31.6 Å². The zero-order chi connectivity index (χ0) is 14.5. The van der Waals surface area contributed by atoms with Crippen molar-refractivity contribution in [3.63, 3.8) is 0 Å². The zero-order valence-corrected chi connectivity index (χ0v) is 12.5. The lowest BCUT2D eigenvalue weighted by atomic mass is 10.2. The van der Waals surface area contributed by atoms with E-state index in [4.69, 9.17) is 0 Å². The van der Waals surface area contributed by atoms with E-state index < -0.39 is 9.84 Å². The summed E-state index contributed by atoms with van der Waals surface area (Å²) in [5.74, 6) is -0.204. The van der Waals surface area contributed by atoms with Crippen LogP contribution in [0.25, 0.3) is 0 Å². The topological polar surface area (TPSA) is 54.5 Å². The van der Waals surface area contributed by atoms with E-state index in [2.05, 4.69) is 0 Å². The standard InChI is InChI=1S/C14H21NO3S/c1-4-10-15(11-5-2)14(16)12-8-6-7-9-13(12)19(3,17)18/h6-9H,4-5,10-11H2,1-3H3. The normalized spacial score (nSPS) is 11.3. The van der Waals surface area contributed by atoms with Gasteiger partial charge in [-0.15, -0.1) is 0 Å². The van der Waals surface area contributed by atoms with Crippen LogP contribution >= 0.6 is 0 Å².